The molecule has 0 atom stereocenters. The van der Waals surface area contributed by atoms with Crippen molar-refractivity contribution in [1.29, 1.82) is 0 Å². The quantitative estimate of drug-likeness (QED) is 0.546. The van der Waals surface area contributed by atoms with E-state index >= 15 is 0 Å². The lowest BCUT2D eigenvalue weighted by molar-refractivity contribution is -0.274. The van der Waals surface area contributed by atoms with Crippen molar-refractivity contribution < 1.29 is 27.4 Å². The van der Waals surface area contributed by atoms with Crippen molar-refractivity contribution in [2.45, 2.75) is 31.5 Å². The van der Waals surface area contributed by atoms with Gasteiger partial charge in [-0.3, -0.25) is 4.79 Å². The number of amides is 1. The molecule has 3 aromatic rings. The molecule has 2 aliphatic heterocycles. The molecule has 5 rings (SSSR count). The average molecular weight is 475 g/mol. The number of carbonyl (C=O) groups excluding carboxylic acids is 1. The third kappa shape index (κ3) is 4.65. The molecule has 0 unspecified atom stereocenters. The summed E-state index contributed by atoms with van der Waals surface area (Å²) in [5, 5.41) is 0. The molecular weight excluding hydrogens is 451 g/mol. The molecule has 2 saturated heterocycles. The monoisotopic (exact) mass is 475 g/mol. The molecule has 8 nitrogen and oxygen atoms in total. The highest BCUT2D eigenvalue weighted by molar-refractivity contribution is 5.99. The molecule has 11 heteroatoms. The van der Waals surface area contributed by atoms with E-state index in [1.165, 1.54) is 6.07 Å². The first-order chi connectivity index (χ1) is 16.3. The number of aromatic amines is 1. The summed E-state index contributed by atoms with van der Waals surface area (Å²) in [6.07, 6.45) is -0.747. The number of nitrogens with two attached hydrogens (primary N) is 1. The van der Waals surface area contributed by atoms with Gasteiger partial charge in [0.05, 0.1) is 24.3 Å². The van der Waals surface area contributed by atoms with E-state index in [9.17, 15) is 18.0 Å². The van der Waals surface area contributed by atoms with E-state index < -0.39 is 12.1 Å². The van der Waals surface area contributed by atoms with Crippen molar-refractivity contribution in [1.82, 2.24) is 19.9 Å². The maximum Gasteiger partial charge on any atom is 0.573 e. The molecular formula is C23H24F3N5O3. The van der Waals surface area contributed by atoms with Crippen LogP contribution in [-0.4, -0.2) is 58.4 Å². The molecule has 0 bridgehead atoms. The molecule has 0 spiro atoms. The van der Waals surface area contributed by atoms with Crippen molar-refractivity contribution in [2.24, 2.45) is 5.92 Å². The van der Waals surface area contributed by atoms with Gasteiger partial charge in [0.15, 0.2) is 5.65 Å². The van der Waals surface area contributed by atoms with Gasteiger partial charge in [0.1, 0.15) is 11.6 Å². The van der Waals surface area contributed by atoms with Crippen molar-refractivity contribution in [3.05, 3.63) is 47.4 Å². The number of halogens is 3. The number of alkyl halides is 3. The number of hydrogen-bond acceptors (Lipinski definition) is 6. The van der Waals surface area contributed by atoms with Crippen LogP contribution in [0.15, 0.2) is 30.5 Å². The topological polar surface area (TPSA) is 106 Å². The third-order valence-corrected chi connectivity index (χ3v) is 6.37. The number of imidazole rings is 1. The smallest absolute Gasteiger partial charge is 0.406 e. The van der Waals surface area contributed by atoms with Gasteiger partial charge in [0.25, 0.3) is 5.91 Å². The second-order valence-electron chi connectivity index (χ2n) is 8.75. The number of nitrogens with zero attached hydrogens (tertiary/aromatic N) is 3. The summed E-state index contributed by atoms with van der Waals surface area (Å²) in [4.78, 5) is 27.1. The summed E-state index contributed by atoms with van der Waals surface area (Å²) < 4.78 is 46.4. The minimum Gasteiger partial charge on any atom is -0.406 e. The van der Waals surface area contributed by atoms with Crippen LogP contribution in [-0.2, 0) is 11.2 Å². The number of benzene rings is 1. The number of hydrogen-bond donors (Lipinski definition) is 2. The zero-order valence-electron chi connectivity index (χ0n) is 18.3. The summed E-state index contributed by atoms with van der Waals surface area (Å²) in [7, 11) is 0. The highest BCUT2D eigenvalue weighted by Crippen LogP contribution is 2.33. The standard InChI is InChI=1S/C23H24F3N5O3/c24-23(25,26)34-15-1-2-17(18(27)10-15)22(32)31-7-4-14(5-8-31)16-3-6-28-21-20(16)29-19(30-21)9-13-11-33-12-13/h1-3,6,10,13-14H,4-5,7-9,11-12,27H2,(H,28,29,30). The highest BCUT2D eigenvalue weighted by Gasteiger charge is 2.32. The van der Waals surface area contributed by atoms with Crippen molar-refractivity contribution in [3.8, 4) is 5.75 Å². The number of aromatic nitrogens is 3. The van der Waals surface area contributed by atoms with Crippen LogP contribution < -0.4 is 10.5 Å². The minimum atomic E-state index is -4.82. The predicted octanol–water partition coefficient (Wildman–Crippen LogP) is 3.65. The fraction of sp³-hybridized carbons (Fsp3) is 0.435. The Hall–Kier alpha value is -3.34. The molecule has 2 aromatic heterocycles. The lowest BCUT2D eigenvalue weighted by Gasteiger charge is -2.32. The average Bonchev–Trinajstić information content (AvgIpc) is 3.18. The number of pyridine rings is 1. The summed E-state index contributed by atoms with van der Waals surface area (Å²) >= 11 is 0. The van der Waals surface area contributed by atoms with Gasteiger partial charge in [-0.15, -0.1) is 13.2 Å². The molecule has 0 radical (unpaired) electrons. The second-order valence-corrected chi connectivity index (χ2v) is 8.75. The van der Waals surface area contributed by atoms with Gasteiger partial charge in [-0.05, 0) is 42.5 Å². The lowest BCUT2D eigenvalue weighted by Crippen LogP contribution is -2.38. The Kier molecular flexibility index (Phi) is 5.80. The molecule has 3 N–H and O–H groups in total. The Labute approximate surface area is 193 Å². The molecule has 0 saturated carbocycles. The summed E-state index contributed by atoms with van der Waals surface area (Å²) in [6, 6.07) is 5.39. The first kappa shape index (κ1) is 22.5. The first-order valence-corrected chi connectivity index (χ1v) is 11.1. The van der Waals surface area contributed by atoms with Crippen LogP contribution in [0.5, 0.6) is 5.75 Å². The SMILES string of the molecule is Nc1cc(OC(F)(F)F)ccc1C(=O)N1CCC(c2ccnc3nc(CC4COC4)[nH]c23)CC1. The fourth-order valence-electron chi connectivity index (χ4n) is 4.59. The van der Waals surface area contributed by atoms with Crippen molar-refractivity contribution in [2.75, 3.05) is 32.0 Å². The summed E-state index contributed by atoms with van der Waals surface area (Å²) in [5.74, 6) is 0.866. The Morgan fingerprint density at radius 1 is 1.24 bits per heavy atom. The highest BCUT2D eigenvalue weighted by atomic mass is 19.4. The zero-order chi connectivity index (χ0) is 23.9. The molecule has 180 valence electrons. The predicted molar refractivity (Wildman–Crippen MR) is 117 cm³/mol. The maximum absolute atomic E-state index is 13.0. The van der Waals surface area contributed by atoms with Gasteiger partial charge in [0.2, 0.25) is 0 Å². The summed E-state index contributed by atoms with van der Waals surface area (Å²) in [6.45, 7) is 2.53. The number of fused-ring (bicyclic) bond motifs is 1. The molecule has 2 fully saturated rings. The third-order valence-electron chi connectivity index (χ3n) is 6.37. The van der Waals surface area contributed by atoms with Crippen LogP contribution in [0.25, 0.3) is 11.2 Å². The van der Waals surface area contributed by atoms with Crippen LogP contribution in [0.4, 0.5) is 18.9 Å². The Morgan fingerprint density at radius 2 is 2.00 bits per heavy atom. The number of anilines is 1. The molecule has 34 heavy (non-hydrogen) atoms. The molecule has 1 amide bonds. The molecule has 2 aliphatic rings. The first-order valence-electron chi connectivity index (χ1n) is 11.1. The number of H-pyrrole nitrogens is 1. The van der Waals surface area contributed by atoms with E-state index in [0.717, 1.165) is 61.5 Å². The molecule has 1 aromatic carbocycles. The molecule has 0 aliphatic carbocycles. The number of carbonyl (C=O) groups is 1. The number of rotatable bonds is 5. The van der Waals surface area contributed by atoms with Crippen LogP contribution in [0.2, 0.25) is 0 Å². The fourth-order valence-corrected chi connectivity index (χ4v) is 4.59. The Morgan fingerprint density at radius 3 is 2.65 bits per heavy atom. The van der Waals surface area contributed by atoms with E-state index in [-0.39, 0.29) is 23.1 Å². The van der Waals surface area contributed by atoms with Crippen LogP contribution in [0, 0.1) is 5.92 Å². The summed E-state index contributed by atoms with van der Waals surface area (Å²) in [5.41, 5.74) is 8.74. The van der Waals surface area contributed by atoms with Gasteiger partial charge in [-0.2, -0.15) is 0 Å². The number of piperidine rings is 1. The van der Waals surface area contributed by atoms with Crippen molar-refractivity contribution >= 4 is 22.8 Å². The number of likely N-dealkylation sites (tertiary alicyclic amines) is 1. The van der Waals surface area contributed by atoms with Gasteiger partial charge < -0.3 is 25.1 Å². The lowest BCUT2D eigenvalue weighted by atomic mass is 9.89. The van der Waals surface area contributed by atoms with E-state index in [1.54, 1.807) is 11.1 Å². The largest absolute Gasteiger partial charge is 0.573 e. The van der Waals surface area contributed by atoms with Crippen LogP contribution in [0.1, 0.15) is 40.5 Å². The van der Waals surface area contributed by atoms with E-state index in [4.69, 9.17) is 10.5 Å². The van der Waals surface area contributed by atoms with E-state index in [1.807, 2.05) is 6.07 Å². The number of ether oxygens (including phenoxy) is 2. The molecule has 4 heterocycles. The Balaban J connectivity index is 1.26. The van der Waals surface area contributed by atoms with Crippen LogP contribution >= 0.6 is 0 Å². The normalized spacial score (nSPS) is 17.7. The van der Waals surface area contributed by atoms with Crippen LogP contribution in [0.3, 0.4) is 0 Å². The Bertz CT molecular complexity index is 1200. The number of nitrogens with one attached hydrogen (secondary N) is 1. The zero-order valence-corrected chi connectivity index (χ0v) is 18.3. The maximum atomic E-state index is 13.0. The van der Waals surface area contributed by atoms with Gasteiger partial charge in [-0.25, -0.2) is 9.97 Å². The number of nitrogen functional groups attached to an aromatic ring is 1. The van der Waals surface area contributed by atoms with Gasteiger partial charge in [0, 0.05) is 43.4 Å². The second kappa shape index (κ2) is 8.79. The van der Waals surface area contributed by atoms with E-state index in [2.05, 4.69) is 19.7 Å². The minimum absolute atomic E-state index is 0.0495. The van der Waals surface area contributed by atoms with Crippen molar-refractivity contribution in [3.63, 3.8) is 0 Å². The van der Waals surface area contributed by atoms with Gasteiger partial charge >= 0.3 is 6.36 Å². The van der Waals surface area contributed by atoms with E-state index in [0.29, 0.717) is 24.7 Å². The van der Waals surface area contributed by atoms with Gasteiger partial charge in [-0.1, -0.05) is 0 Å².